The second-order valence-corrected chi connectivity index (χ2v) is 9.68. The molecule has 0 saturated carbocycles. The van der Waals surface area contributed by atoms with Crippen LogP contribution in [0.4, 0.5) is 0 Å². The summed E-state index contributed by atoms with van der Waals surface area (Å²) in [6.45, 7) is 8.90. The minimum atomic E-state index is -0.208. The van der Waals surface area contributed by atoms with Crippen LogP contribution in [0.1, 0.15) is 45.5 Å². The molecule has 0 fully saturated rings. The average Bonchev–Trinajstić information content (AvgIpc) is 2.67. The summed E-state index contributed by atoms with van der Waals surface area (Å²) in [4.78, 5) is 17.8. The monoisotopic (exact) mass is 489 g/mol. The predicted molar refractivity (Wildman–Crippen MR) is 127 cm³/mol. The fraction of sp³-hybridized carbons (Fsp3) is 0.348. The highest BCUT2D eigenvalue weighted by Crippen LogP contribution is 2.24. The van der Waals surface area contributed by atoms with Gasteiger partial charge in [0.1, 0.15) is 11.6 Å². The quantitative estimate of drug-likeness (QED) is 0.394. The van der Waals surface area contributed by atoms with Gasteiger partial charge in [-0.1, -0.05) is 55.2 Å². The van der Waals surface area contributed by atoms with Gasteiger partial charge < -0.3 is 4.74 Å². The van der Waals surface area contributed by atoms with E-state index in [1.165, 1.54) is 4.68 Å². The highest BCUT2D eigenvalue weighted by molar-refractivity contribution is 9.10. The maximum Gasteiger partial charge on any atom is 0.282 e. The third kappa shape index (κ3) is 5.49. The summed E-state index contributed by atoms with van der Waals surface area (Å²) in [6.07, 6.45) is 3.10. The number of hydrogen-bond donors (Lipinski definition) is 0. The molecule has 0 radical (unpaired) electrons. The van der Waals surface area contributed by atoms with Gasteiger partial charge in [0.15, 0.2) is 0 Å². The second kappa shape index (κ2) is 9.31. The Hall–Kier alpha value is -2.18. The molecule has 5 nitrogen and oxygen atoms in total. The highest BCUT2D eigenvalue weighted by atomic mass is 79.9. The van der Waals surface area contributed by atoms with Crippen LogP contribution >= 0.6 is 27.5 Å². The summed E-state index contributed by atoms with van der Waals surface area (Å²) >= 11 is 9.61. The Labute approximate surface area is 189 Å². The first kappa shape index (κ1) is 22.5. The third-order valence-electron chi connectivity index (χ3n) is 4.29. The van der Waals surface area contributed by atoms with Crippen molar-refractivity contribution in [1.82, 2.24) is 9.66 Å². The number of aromatic nitrogens is 2. The Morgan fingerprint density at radius 2 is 2.00 bits per heavy atom. The van der Waals surface area contributed by atoms with Crippen LogP contribution in [0.5, 0.6) is 5.75 Å². The number of rotatable bonds is 6. The lowest BCUT2D eigenvalue weighted by Crippen LogP contribution is -2.22. The lowest BCUT2D eigenvalue weighted by atomic mass is 9.99. The van der Waals surface area contributed by atoms with Crippen molar-refractivity contribution in [2.24, 2.45) is 10.5 Å². The molecule has 1 heterocycles. The summed E-state index contributed by atoms with van der Waals surface area (Å²) in [7, 11) is 0. The Morgan fingerprint density at radius 1 is 1.23 bits per heavy atom. The van der Waals surface area contributed by atoms with Gasteiger partial charge in [-0.2, -0.15) is 9.78 Å². The predicted octanol–water partition coefficient (Wildman–Crippen LogP) is 6.07. The van der Waals surface area contributed by atoms with Gasteiger partial charge >= 0.3 is 0 Å². The lowest BCUT2D eigenvalue weighted by molar-refractivity contribution is 0.197. The third-order valence-corrected chi connectivity index (χ3v) is 5.02. The van der Waals surface area contributed by atoms with Crippen molar-refractivity contribution in [2.45, 2.75) is 40.5 Å². The molecule has 0 spiro atoms. The number of ether oxygens (including phenoxy) is 1. The first-order valence-corrected chi connectivity index (χ1v) is 11.0. The van der Waals surface area contributed by atoms with Crippen molar-refractivity contribution < 1.29 is 4.74 Å². The van der Waals surface area contributed by atoms with Crippen LogP contribution in [0, 0.1) is 5.41 Å². The van der Waals surface area contributed by atoms with Gasteiger partial charge in [-0.25, -0.2) is 4.98 Å². The van der Waals surface area contributed by atoms with Gasteiger partial charge in [0.2, 0.25) is 0 Å². The van der Waals surface area contributed by atoms with E-state index in [1.807, 2.05) is 25.1 Å². The molecule has 0 N–H and O–H groups in total. The summed E-state index contributed by atoms with van der Waals surface area (Å²) in [6, 6.07) is 10.9. The number of benzene rings is 2. The standard InChI is InChI=1S/C23H25BrClN3O2/c1-5-6-21-27-19-9-7-16(24)12-18(19)22(29)28(21)26-13-15-11-17(25)8-10-20(15)30-14-23(2,3)4/h7-13H,5-6,14H2,1-4H3. The zero-order chi connectivity index (χ0) is 21.9. The topological polar surface area (TPSA) is 56.5 Å². The van der Waals surface area contributed by atoms with Crippen LogP contribution in [0.2, 0.25) is 5.02 Å². The SMILES string of the molecule is CCCc1nc2ccc(Br)cc2c(=O)n1N=Cc1cc(Cl)ccc1OCC(C)(C)C. The molecule has 0 aliphatic carbocycles. The highest BCUT2D eigenvalue weighted by Gasteiger charge is 2.14. The summed E-state index contributed by atoms with van der Waals surface area (Å²) in [5, 5.41) is 5.56. The van der Waals surface area contributed by atoms with E-state index in [2.05, 4.69) is 46.8 Å². The molecule has 1 aromatic heterocycles. The molecule has 0 aliphatic heterocycles. The normalized spacial score (nSPS) is 12.1. The van der Waals surface area contributed by atoms with Gasteiger partial charge in [-0.3, -0.25) is 4.79 Å². The largest absolute Gasteiger partial charge is 0.492 e. The van der Waals surface area contributed by atoms with E-state index in [1.54, 1.807) is 24.4 Å². The molecular weight excluding hydrogens is 466 g/mol. The number of halogens is 2. The van der Waals surface area contributed by atoms with Crippen LogP contribution in [0.3, 0.4) is 0 Å². The van der Waals surface area contributed by atoms with Gasteiger partial charge in [0.05, 0.1) is 23.7 Å². The number of aryl methyl sites for hydroxylation is 1. The minimum Gasteiger partial charge on any atom is -0.492 e. The van der Waals surface area contributed by atoms with E-state index in [0.717, 1.165) is 10.9 Å². The van der Waals surface area contributed by atoms with Crippen molar-refractivity contribution in [1.29, 1.82) is 0 Å². The van der Waals surface area contributed by atoms with E-state index in [-0.39, 0.29) is 11.0 Å². The molecule has 0 bridgehead atoms. The van der Waals surface area contributed by atoms with Crippen molar-refractivity contribution in [3.8, 4) is 5.75 Å². The van der Waals surface area contributed by atoms with Crippen LogP contribution < -0.4 is 10.3 Å². The number of nitrogens with zero attached hydrogens (tertiary/aromatic N) is 3. The molecule has 158 valence electrons. The molecule has 0 aliphatic rings. The van der Waals surface area contributed by atoms with Gasteiger partial charge in [-0.15, -0.1) is 0 Å². The van der Waals surface area contributed by atoms with Crippen molar-refractivity contribution in [3.63, 3.8) is 0 Å². The molecule has 3 rings (SSSR count). The van der Waals surface area contributed by atoms with Crippen molar-refractivity contribution in [2.75, 3.05) is 6.61 Å². The molecule has 0 saturated heterocycles. The number of fused-ring (bicyclic) bond motifs is 1. The van der Waals surface area contributed by atoms with Crippen LogP contribution in [0.15, 0.2) is 50.8 Å². The van der Waals surface area contributed by atoms with E-state index >= 15 is 0 Å². The average molecular weight is 491 g/mol. The first-order valence-electron chi connectivity index (χ1n) is 9.86. The smallest absolute Gasteiger partial charge is 0.282 e. The maximum absolute atomic E-state index is 13.1. The lowest BCUT2D eigenvalue weighted by Gasteiger charge is -2.19. The molecule has 7 heteroatoms. The summed E-state index contributed by atoms with van der Waals surface area (Å²) in [5.74, 6) is 1.28. The van der Waals surface area contributed by atoms with E-state index in [9.17, 15) is 4.79 Å². The Bertz CT molecular complexity index is 1150. The fourth-order valence-corrected chi connectivity index (χ4v) is 3.41. The van der Waals surface area contributed by atoms with Gasteiger partial charge in [0.25, 0.3) is 5.56 Å². The summed E-state index contributed by atoms with van der Waals surface area (Å²) in [5.41, 5.74) is 1.17. The molecule has 2 aromatic carbocycles. The second-order valence-electron chi connectivity index (χ2n) is 8.33. The van der Waals surface area contributed by atoms with E-state index in [0.29, 0.717) is 46.1 Å². The Kier molecular flexibility index (Phi) is 6.98. The molecular formula is C23H25BrClN3O2. The number of hydrogen-bond acceptors (Lipinski definition) is 4. The molecule has 0 amide bonds. The molecule has 0 unspecified atom stereocenters. The van der Waals surface area contributed by atoms with Crippen LogP contribution in [0.25, 0.3) is 10.9 Å². The molecule has 30 heavy (non-hydrogen) atoms. The van der Waals surface area contributed by atoms with Crippen molar-refractivity contribution in [3.05, 3.63) is 67.6 Å². The Balaban J connectivity index is 2.07. The van der Waals surface area contributed by atoms with Crippen LogP contribution in [-0.4, -0.2) is 22.5 Å². The van der Waals surface area contributed by atoms with E-state index < -0.39 is 0 Å². The molecule has 3 aromatic rings. The van der Waals surface area contributed by atoms with Gasteiger partial charge in [-0.05, 0) is 48.2 Å². The maximum atomic E-state index is 13.1. The summed E-state index contributed by atoms with van der Waals surface area (Å²) < 4.78 is 8.17. The fourth-order valence-electron chi connectivity index (χ4n) is 2.87. The minimum absolute atomic E-state index is 0.00886. The zero-order valence-electron chi connectivity index (χ0n) is 17.6. The van der Waals surface area contributed by atoms with Gasteiger partial charge in [0, 0.05) is 21.5 Å². The molecule has 0 atom stereocenters. The van der Waals surface area contributed by atoms with Crippen molar-refractivity contribution >= 4 is 44.6 Å². The Morgan fingerprint density at radius 3 is 2.70 bits per heavy atom. The van der Waals surface area contributed by atoms with E-state index in [4.69, 9.17) is 16.3 Å². The first-order chi connectivity index (χ1) is 14.2. The zero-order valence-corrected chi connectivity index (χ0v) is 19.9. The van der Waals surface area contributed by atoms with Crippen LogP contribution in [-0.2, 0) is 6.42 Å².